The largest absolute Gasteiger partial charge is 0.491 e. The molecule has 0 atom stereocenters. The predicted molar refractivity (Wildman–Crippen MR) is 109 cm³/mol. The average Bonchev–Trinajstić information content (AvgIpc) is 2.64. The second kappa shape index (κ2) is 9.76. The first-order valence-electron chi connectivity index (χ1n) is 9.32. The fourth-order valence-electron chi connectivity index (χ4n) is 2.90. The summed E-state index contributed by atoms with van der Waals surface area (Å²) in [5, 5.41) is 0. The van der Waals surface area contributed by atoms with Gasteiger partial charge < -0.3 is 14.5 Å². The lowest BCUT2D eigenvalue weighted by Gasteiger charge is -2.25. The fraction of sp³-hybridized carbons (Fsp3) is 0.364. The highest BCUT2D eigenvalue weighted by Crippen LogP contribution is 2.21. The topological polar surface area (TPSA) is 49.9 Å². The number of para-hydroxylation sites is 1. The van der Waals surface area contributed by atoms with E-state index in [0.717, 1.165) is 17.1 Å². The summed E-state index contributed by atoms with van der Waals surface area (Å²) in [6.45, 7) is 8.31. The van der Waals surface area contributed by atoms with Crippen LogP contribution in [0.5, 0.6) is 5.75 Å². The van der Waals surface area contributed by atoms with Crippen molar-refractivity contribution in [2.45, 2.75) is 40.2 Å². The molecule has 2 aromatic carbocycles. The predicted octanol–water partition coefficient (Wildman–Crippen LogP) is 4.27. The summed E-state index contributed by atoms with van der Waals surface area (Å²) in [7, 11) is 0. The van der Waals surface area contributed by atoms with Gasteiger partial charge in [-0.1, -0.05) is 18.2 Å². The number of nitrogens with zero attached hydrogens (tertiary/aromatic N) is 2. The Balaban J connectivity index is 2.05. The highest BCUT2D eigenvalue weighted by atomic mass is 16.5. The van der Waals surface area contributed by atoms with Crippen LogP contribution < -0.4 is 14.5 Å². The van der Waals surface area contributed by atoms with E-state index in [4.69, 9.17) is 4.74 Å². The summed E-state index contributed by atoms with van der Waals surface area (Å²) in [6, 6.07) is 16.9. The van der Waals surface area contributed by atoms with E-state index in [1.54, 1.807) is 9.80 Å². The van der Waals surface area contributed by atoms with Crippen molar-refractivity contribution in [2.75, 3.05) is 22.9 Å². The van der Waals surface area contributed by atoms with Crippen LogP contribution in [-0.4, -0.2) is 31.0 Å². The second-order valence-corrected chi connectivity index (χ2v) is 6.55. The minimum Gasteiger partial charge on any atom is -0.491 e. The second-order valence-electron chi connectivity index (χ2n) is 6.55. The summed E-state index contributed by atoms with van der Waals surface area (Å²) in [5.41, 5.74) is 1.63. The molecule has 144 valence electrons. The van der Waals surface area contributed by atoms with E-state index >= 15 is 0 Å². The van der Waals surface area contributed by atoms with Crippen LogP contribution in [0.3, 0.4) is 0 Å². The molecule has 2 amide bonds. The molecule has 5 nitrogen and oxygen atoms in total. The van der Waals surface area contributed by atoms with E-state index in [1.165, 1.54) is 6.92 Å². The summed E-state index contributed by atoms with van der Waals surface area (Å²) in [5.74, 6) is 0.660. The molecule has 0 fully saturated rings. The van der Waals surface area contributed by atoms with Gasteiger partial charge in [-0.3, -0.25) is 9.59 Å². The Morgan fingerprint density at radius 3 is 2.04 bits per heavy atom. The number of amides is 2. The molecule has 2 rings (SSSR count). The number of ether oxygens (including phenoxy) is 1. The van der Waals surface area contributed by atoms with Gasteiger partial charge >= 0.3 is 0 Å². The van der Waals surface area contributed by atoms with Gasteiger partial charge in [0.05, 0.1) is 6.10 Å². The SMILES string of the molecule is CCN(C(=O)CCN(C(C)=O)c1ccc(OC(C)C)cc1)c1ccccc1. The van der Waals surface area contributed by atoms with E-state index in [9.17, 15) is 9.59 Å². The van der Waals surface area contributed by atoms with Crippen LogP contribution in [0.25, 0.3) is 0 Å². The molecule has 0 N–H and O–H groups in total. The molecule has 0 bridgehead atoms. The van der Waals surface area contributed by atoms with Crippen LogP contribution in [0.2, 0.25) is 0 Å². The molecule has 0 aliphatic carbocycles. The highest BCUT2D eigenvalue weighted by molar-refractivity contribution is 5.96. The standard InChI is InChI=1S/C22H28N2O3/c1-5-23(19-9-7-6-8-10-19)22(26)15-16-24(18(4)25)20-11-13-21(14-12-20)27-17(2)3/h6-14,17H,5,15-16H2,1-4H3. The Kier molecular flexibility index (Phi) is 7.41. The molecule has 27 heavy (non-hydrogen) atoms. The lowest BCUT2D eigenvalue weighted by atomic mass is 10.2. The number of hydrogen-bond acceptors (Lipinski definition) is 3. The number of rotatable bonds is 8. The molecular weight excluding hydrogens is 340 g/mol. The van der Waals surface area contributed by atoms with Crippen molar-refractivity contribution in [3.63, 3.8) is 0 Å². The zero-order chi connectivity index (χ0) is 19.8. The van der Waals surface area contributed by atoms with Gasteiger partial charge in [-0.25, -0.2) is 0 Å². The summed E-state index contributed by atoms with van der Waals surface area (Å²) < 4.78 is 5.64. The third-order valence-corrected chi connectivity index (χ3v) is 4.13. The molecular formula is C22H28N2O3. The van der Waals surface area contributed by atoms with Crippen LogP contribution in [0.4, 0.5) is 11.4 Å². The van der Waals surface area contributed by atoms with E-state index in [-0.39, 0.29) is 24.3 Å². The first-order chi connectivity index (χ1) is 12.9. The molecule has 5 heteroatoms. The van der Waals surface area contributed by atoms with Crippen molar-refractivity contribution < 1.29 is 14.3 Å². The van der Waals surface area contributed by atoms with Gasteiger partial charge in [-0.05, 0) is 57.2 Å². The van der Waals surface area contributed by atoms with E-state index < -0.39 is 0 Å². The number of carbonyl (C=O) groups excluding carboxylic acids is 2. The maximum absolute atomic E-state index is 12.7. The Bertz CT molecular complexity index is 742. The maximum Gasteiger partial charge on any atom is 0.228 e. The molecule has 0 saturated carbocycles. The number of carbonyl (C=O) groups is 2. The van der Waals surface area contributed by atoms with Gasteiger partial charge in [-0.2, -0.15) is 0 Å². The molecule has 0 spiro atoms. The van der Waals surface area contributed by atoms with Crippen molar-refractivity contribution in [3.8, 4) is 5.75 Å². The Hall–Kier alpha value is -2.82. The van der Waals surface area contributed by atoms with E-state index in [1.807, 2.05) is 75.4 Å². The van der Waals surface area contributed by atoms with Crippen molar-refractivity contribution >= 4 is 23.2 Å². The number of hydrogen-bond donors (Lipinski definition) is 0. The van der Waals surface area contributed by atoms with Crippen molar-refractivity contribution in [1.82, 2.24) is 0 Å². The van der Waals surface area contributed by atoms with Crippen molar-refractivity contribution in [3.05, 3.63) is 54.6 Å². The Labute approximate surface area is 161 Å². The summed E-state index contributed by atoms with van der Waals surface area (Å²) in [6.07, 6.45) is 0.349. The summed E-state index contributed by atoms with van der Waals surface area (Å²) >= 11 is 0. The van der Waals surface area contributed by atoms with Gasteiger partial charge in [0.1, 0.15) is 5.75 Å². The smallest absolute Gasteiger partial charge is 0.228 e. The summed E-state index contributed by atoms with van der Waals surface area (Å²) in [4.78, 5) is 28.1. The minimum atomic E-state index is -0.0944. The monoisotopic (exact) mass is 368 g/mol. The molecule has 0 radical (unpaired) electrons. The molecule has 0 heterocycles. The lowest BCUT2D eigenvalue weighted by molar-refractivity contribution is -0.118. The Morgan fingerprint density at radius 2 is 1.52 bits per heavy atom. The van der Waals surface area contributed by atoms with E-state index in [0.29, 0.717) is 13.1 Å². The third kappa shape index (κ3) is 5.84. The zero-order valence-electron chi connectivity index (χ0n) is 16.5. The highest BCUT2D eigenvalue weighted by Gasteiger charge is 2.18. The van der Waals surface area contributed by atoms with Gasteiger partial charge in [0.25, 0.3) is 0 Å². The van der Waals surface area contributed by atoms with Crippen molar-refractivity contribution in [2.24, 2.45) is 0 Å². The van der Waals surface area contributed by atoms with Gasteiger partial charge in [0, 0.05) is 37.8 Å². The normalized spacial score (nSPS) is 10.6. The molecule has 2 aromatic rings. The lowest BCUT2D eigenvalue weighted by Crippen LogP contribution is -2.36. The molecule has 0 unspecified atom stereocenters. The quantitative estimate of drug-likeness (QED) is 0.699. The number of benzene rings is 2. The first kappa shape index (κ1) is 20.5. The van der Waals surface area contributed by atoms with Crippen LogP contribution in [-0.2, 0) is 9.59 Å². The average molecular weight is 368 g/mol. The van der Waals surface area contributed by atoms with E-state index in [2.05, 4.69) is 0 Å². The van der Waals surface area contributed by atoms with Crippen molar-refractivity contribution in [1.29, 1.82) is 0 Å². The van der Waals surface area contributed by atoms with Crippen LogP contribution in [0.15, 0.2) is 54.6 Å². The van der Waals surface area contributed by atoms with Gasteiger partial charge in [0.15, 0.2) is 0 Å². The van der Waals surface area contributed by atoms with Crippen LogP contribution >= 0.6 is 0 Å². The zero-order valence-corrected chi connectivity index (χ0v) is 16.5. The third-order valence-electron chi connectivity index (χ3n) is 4.13. The first-order valence-corrected chi connectivity index (χ1v) is 9.32. The number of anilines is 2. The molecule has 0 aliphatic heterocycles. The maximum atomic E-state index is 12.7. The minimum absolute atomic E-state index is 0.00490. The Morgan fingerprint density at radius 1 is 0.926 bits per heavy atom. The van der Waals surface area contributed by atoms with Gasteiger partial charge in [-0.15, -0.1) is 0 Å². The molecule has 0 saturated heterocycles. The van der Waals surface area contributed by atoms with Gasteiger partial charge in [0.2, 0.25) is 11.8 Å². The molecule has 0 aliphatic rings. The van der Waals surface area contributed by atoms with Crippen LogP contribution in [0, 0.1) is 0 Å². The molecule has 0 aromatic heterocycles. The fourth-order valence-corrected chi connectivity index (χ4v) is 2.90. The van der Waals surface area contributed by atoms with Crippen LogP contribution in [0.1, 0.15) is 34.1 Å².